The largest absolute Gasteiger partial charge is 0.327 e. The molecule has 3 rings (SSSR count). The molecule has 3 aromatic heterocycles. The van der Waals surface area contributed by atoms with Crippen LogP contribution in [0, 0.1) is 6.92 Å². The fraction of sp³-hybridized carbons (Fsp3) is 0.263. The Bertz CT molecular complexity index is 958. The smallest absolute Gasteiger partial charge is 0.154 e. The lowest BCUT2D eigenvalue weighted by Crippen LogP contribution is -2.12. The molecule has 0 fully saturated rings. The van der Waals surface area contributed by atoms with Gasteiger partial charge in [0.05, 0.1) is 24.0 Å². The number of rotatable bonds is 6. The van der Waals surface area contributed by atoms with Gasteiger partial charge in [-0.15, -0.1) is 0 Å². The van der Waals surface area contributed by atoms with E-state index in [0.717, 1.165) is 40.6 Å². The van der Waals surface area contributed by atoms with Crippen molar-refractivity contribution in [1.29, 1.82) is 0 Å². The summed E-state index contributed by atoms with van der Waals surface area (Å²) in [7, 11) is 0. The molecule has 0 amide bonds. The van der Waals surface area contributed by atoms with E-state index in [0.29, 0.717) is 6.54 Å². The Balaban J connectivity index is 1.98. The van der Waals surface area contributed by atoms with Crippen LogP contribution >= 0.6 is 0 Å². The zero-order valence-electron chi connectivity index (χ0n) is 14.8. The number of hydrogen-bond acceptors (Lipinski definition) is 4. The first kappa shape index (κ1) is 16.8. The minimum absolute atomic E-state index is 0.634. The highest BCUT2D eigenvalue weighted by molar-refractivity contribution is 5.96. The molecule has 0 radical (unpaired) electrons. The number of imidazole rings is 2. The summed E-state index contributed by atoms with van der Waals surface area (Å²) < 4.78 is 4.28. The normalized spacial score (nSPS) is 12.4. The fourth-order valence-electron chi connectivity index (χ4n) is 2.84. The molecule has 6 nitrogen and oxygen atoms in total. The van der Waals surface area contributed by atoms with Gasteiger partial charge in [-0.1, -0.05) is 12.7 Å². The van der Waals surface area contributed by atoms with Crippen molar-refractivity contribution in [3.63, 3.8) is 0 Å². The lowest BCUT2D eigenvalue weighted by molar-refractivity contribution is 0.660. The van der Waals surface area contributed by atoms with E-state index >= 15 is 0 Å². The van der Waals surface area contributed by atoms with Crippen LogP contribution in [0.25, 0.3) is 11.0 Å². The molecule has 0 unspecified atom stereocenters. The Morgan fingerprint density at radius 1 is 1.36 bits per heavy atom. The Hall–Kier alpha value is -3.02. The number of allylic oxidation sites excluding steroid dienone is 2. The van der Waals surface area contributed by atoms with E-state index in [1.54, 1.807) is 24.5 Å². The van der Waals surface area contributed by atoms with E-state index in [1.165, 1.54) is 0 Å². The van der Waals surface area contributed by atoms with Crippen molar-refractivity contribution in [1.82, 2.24) is 24.1 Å². The number of nitrogens with zero attached hydrogens (tertiary/aromatic N) is 6. The maximum absolute atomic E-state index is 4.76. The molecule has 128 valence electrons. The lowest BCUT2D eigenvalue weighted by atomic mass is 10.3. The highest BCUT2D eigenvalue weighted by Crippen LogP contribution is 2.18. The Morgan fingerprint density at radius 3 is 2.96 bits per heavy atom. The van der Waals surface area contributed by atoms with Crippen molar-refractivity contribution in [3.8, 4) is 0 Å². The van der Waals surface area contributed by atoms with Crippen molar-refractivity contribution in [3.05, 3.63) is 66.9 Å². The average Bonchev–Trinajstić information content (AvgIpc) is 3.19. The number of fused-ring (bicyclic) bond motifs is 1. The second kappa shape index (κ2) is 7.25. The summed E-state index contributed by atoms with van der Waals surface area (Å²) in [5.41, 5.74) is 3.88. The van der Waals surface area contributed by atoms with Gasteiger partial charge in [-0.05, 0) is 32.9 Å². The Morgan fingerprint density at radius 2 is 2.20 bits per heavy atom. The van der Waals surface area contributed by atoms with Crippen molar-refractivity contribution >= 4 is 16.7 Å². The molecule has 0 aromatic carbocycles. The molecule has 0 aliphatic rings. The van der Waals surface area contributed by atoms with Crippen molar-refractivity contribution in [2.75, 3.05) is 0 Å². The summed E-state index contributed by atoms with van der Waals surface area (Å²) >= 11 is 0. The summed E-state index contributed by atoms with van der Waals surface area (Å²) in [5, 5.41) is 0. The molecule has 0 aliphatic heterocycles. The Labute approximate surface area is 147 Å². The summed E-state index contributed by atoms with van der Waals surface area (Å²) in [6.45, 7) is 11.2. The third-order valence-electron chi connectivity index (χ3n) is 4.01. The van der Waals surface area contributed by atoms with Crippen molar-refractivity contribution in [2.24, 2.45) is 4.99 Å². The molecular formula is C19H22N6. The van der Waals surface area contributed by atoms with Crippen molar-refractivity contribution < 1.29 is 0 Å². The van der Waals surface area contributed by atoms with Crippen LogP contribution in [0.2, 0.25) is 0 Å². The number of aliphatic imine (C=N–C) groups is 1. The molecule has 3 aromatic rings. The van der Waals surface area contributed by atoms with Gasteiger partial charge < -0.3 is 9.13 Å². The summed E-state index contributed by atoms with van der Waals surface area (Å²) in [6, 6.07) is 2.08. The molecule has 0 spiro atoms. The van der Waals surface area contributed by atoms with E-state index in [4.69, 9.17) is 4.98 Å². The highest BCUT2D eigenvalue weighted by Gasteiger charge is 2.13. The maximum atomic E-state index is 4.76. The number of pyridine rings is 1. The third-order valence-corrected chi connectivity index (χ3v) is 4.01. The van der Waals surface area contributed by atoms with E-state index in [-0.39, 0.29) is 0 Å². The standard InChI is InChI=1S/C19H22N6/c1-5-7-8-20-15(4)19-21-9-10-24(19)13-18-23-16-12-22-14(3)11-17(16)25(18)6-2/h5,7-12H,1,6,13H2,2-4H3/b8-7-,20-15?. The topological polar surface area (TPSA) is 60.9 Å². The van der Waals surface area contributed by atoms with Gasteiger partial charge in [-0.25, -0.2) is 9.97 Å². The number of aryl methyl sites for hydroxylation is 2. The van der Waals surface area contributed by atoms with Gasteiger partial charge in [-0.3, -0.25) is 9.98 Å². The van der Waals surface area contributed by atoms with Crippen LogP contribution in [-0.2, 0) is 13.1 Å². The highest BCUT2D eigenvalue weighted by atomic mass is 15.2. The van der Waals surface area contributed by atoms with Crippen LogP contribution in [-0.4, -0.2) is 29.8 Å². The van der Waals surface area contributed by atoms with Gasteiger partial charge in [0.2, 0.25) is 0 Å². The minimum atomic E-state index is 0.634. The van der Waals surface area contributed by atoms with E-state index in [9.17, 15) is 0 Å². The summed E-state index contributed by atoms with van der Waals surface area (Å²) in [4.78, 5) is 17.9. The zero-order valence-corrected chi connectivity index (χ0v) is 14.8. The van der Waals surface area contributed by atoms with E-state index in [2.05, 4.69) is 43.7 Å². The van der Waals surface area contributed by atoms with E-state index in [1.807, 2.05) is 26.2 Å². The van der Waals surface area contributed by atoms with Crippen LogP contribution in [0.3, 0.4) is 0 Å². The summed E-state index contributed by atoms with van der Waals surface area (Å²) in [5.74, 6) is 1.82. The van der Waals surface area contributed by atoms with Crippen LogP contribution in [0.1, 0.15) is 31.2 Å². The molecular weight excluding hydrogens is 312 g/mol. The fourth-order valence-corrected chi connectivity index (χ4v) is 2.84. The van der Waals surface area contributed by atoms with Gasteiger partial charge in [0.1, 0.15) is 11.3 Å². The van der Waals surface area contributed by atoms with Crippen LogP contribution < -0.4 is 0 Å². The monoisotopic (exact) mass is 334 g/mol. The predicted molar refractivity (Wildman–Crippen MR) is 101 cm³/mol. The molecule has 6 heteroatoms. The first-order valence-electron chi connectivity index (χ1n) is 8.29. The van der Waals surface area contributed by atoms with Crippen LogP contribution in [0.15, 0.2) is 54.6 Å². The SMILES string of the molecule is C=C/C=C\N=C(C)c1nccn1Cc1nc2cnc(C)cc2n1CC. The molecule has 0 atom stereocenters. The molecule has 3 heterocycles. The second-order valence-corrected chi connectivity index (χ2v) is 5.76. The first-order chi connectivity index (χ1) is 12.1. The van der Waals surface area contributed by atoms with Gasteiger partial charge in [0, 0.05) is 30.8 Å². The lowest BCUT2D eigenvalue weighted by Gasteiger charge is -2.09. The predicted octanol–water partition coefficient (Wildman–Crippen LogP) is 3.51. The molecule has 0 saturated heterocycles. The van der Waals surface area contributed by atoms with Crippen molar-refractivity contribution in [2.45, 2.75) is 33.9 Å². The summed E-state index contributed by atoms with van der Waals surface area (Å²) in [6.07, 6.45) is 10.8. The zero-order chi connectivity index (χ0) is 17.8. The van der Waals surface area contributed by atoms with Crippen LogP contribution in [0.4, 0.5) is 0 Å². The van der Waals surface area contributed by atoms with Gasteiger partial charge in [0.25, 0.3) is 0 Å². The quantitative estimate of drug-likeness (QED) is 0.512. The van der Waals surface area contributed by atoms with Gasteiger partial charge in [-0.2, -0.15) is 0 Å². The van der Waals surface area contributed by atoms with Crippen LogP contribution in [0.5, 0.6) is 0 Å². The molecule has 25 heavy (non-hydrogen) atoms. The number of hydrogen-bond donors (Lipinski definition) is 0. The average molecular weight is 334 g/mol. The Kier molecular flexibility index (Phi) is 4.88. The first-order valence-corrected chi connectivity index (χ1v) is 8.29. The molecule has 0 bridgehead atoms. The minimum Gasteiger partial charge on any atom is -0.327 e. The second-order valence-electron chi connectivity index (χ2n) is 5.76. The van der Waals surface area contributed by atoms with Gasteiger partial charge in [0.15, 0.2) is 5.82 Å². The van der Waals surface area contributed by atoms with E-state index < -0.39 is 0 Å². The maximum Gasteiger partial charge on any atom is 0.154 e. The third kappa shape index (κ3) is 3.42. The molecule has 0 saturated carbocycles. The molecule has 0 aliphatic carbocycles. The van der Waals surface area contributed by atoms with Gasteiger partial charge >= 0.3 is 0 Å². The molecule has 0 N–H and O–H groups in total. The number of aromatic nitrogens is 5.